The summed E-state index contributed by atoms with van der Waals surface area (Å²) in [6, 6.07) is 19.8. The molecule has 25 heavy (non-hydrogen) atoms. The van der Waals surface area contributed by atoms with E-state index in [1.807, 2.05) is 30.3 Å². The molecule has 1 aromatic heterocycles. The van der Waals surface area contributed by atoms with Gasteiger partial charge in [-0.1, -0.05) is 48.5 Å². The quantitative estimate of drug-likeness (QED) is 0.546. The molecule has 0 aliphatic carbocycles. The molecule has 0 atom stereocenters. The number of nitrogens with two attached hydrogens (primary N) is 1. The Labute approximate surface area is 145 Å². The Balaban J connectivity index is 1.74. The van der Waals surface area contributed by atoms with E-state index in [4.69, 9.17) is 10.5 Å². The third-order valence-corrected chi connectivity index (χ3v) is 3.57. The van der Waals surface area contributed by atoms with Crippen LogP contribution in [0.5, 0.6) is 5.75 Å². The van der Waals surface area contributed by atoms with Gasteiger partial charge in [0.25, 0.3) is 0 Å². The Bertz CT molecular complexity index is 866. The van der Waals surface area contributed by atoms with Crippen LogP contribution in [0.4, 0.5) is 10.2 Å². The number of aliphatic imine (C=N–C) groups is 1. The summed E-state index contributed by atoms with van der Waals surface area (Å²) in [6.45, 7) is 0.0967. The van der Waals surface area contributed by atoms with Crippen molar-refractivity contribution in [1.29, 1.82) is 0 Å². The largest absolute Gasteiger partial charge is 0.485 e. The molecule has 4 nitrogen and oxygen atoms in total. The Morgan fingerprint density at radius 2 is 1.76 bits per heavy atom. The highest BCUT2D eigenvalue weighted by atomic mass is 19.1. The Morgan fingerprint density at radius 1 is 1.00 bits per heavy atom. The number of amidine groups is 1. The molecule has 0 radical (unpaired) electrons. The highest BCUT2D eigenvalue weighted by Crippen LogP contribution is 2.25. The highest BCUT2D eigenvalue weighted by Gasteiger charge is 2.07. The predicted molar refractivity (Wildman–Crippen MR) is 96.4 cm³/mol. The van der Waals surface area contributed by atoms with Crippen LogP contribution in [0.1, 0.15) is 11.1 Å². The molecule has 0 aliphatic rings. The molecule has 0 bridgehead atoms. The van der Waals surface area contributed by atoms with E-state index >= 15 is 0 Å². The van der Waals surface area contributed by atoms with Gasteiger partial charge in [0, 0.05) is 18.2 Å². The van der Waals surface area contributed by atoms with Gasteiger partial charge in [-0.25, -0.2) is 14.4 Å². The van der Waals surface area contributed by atoms with Crippen molar-refractivity contribution in [2.24, 2.45) is 10.7 Å². The zero-order valence-corrected chi connectivity index (χ0v) is 13.6. The molecule has 126 valence electrons. The fraction of sp³-hybridized carbons (Fsp3) is 0.100. The zero-order valence-electron chi connectivity index (χ0n) is 13.6. The number of benzene rings is 2. The topological polar surface area (TPSA) is 60.5 Å². The van der Waals surface area contributed by atoms with Gasteiger partial charge in [-0.2, -0.15) is 0 Å². The van der Waals surface area contributed by atoms with E-state index in [2.05, 4.69) is 9.98 Å². The summed E-state index contributed by atoms with van der Waals surface area (Å²) in [5.74, 6) is 0.967. The Kier molecular flexibility index (Phi) is 5.36. The summed E-state index contributed by atoms with van der Waals surface area (Å²) in [7, 11) is 0. The van der Waals surface area contributed by atoms with Gasteiger partial charge >= 0.3 is 0 Å². The van der Waals surface area contributed by atoms with Crippen molar-refractivity contribution in [2.75, 3.05) is 0 Å². The van der Waals surface area contributed by atoms with Crippen molar-refractivity contribution in [3.05, 3.63) is 89.9 Å². The zero-order chi connectivity index (χ0) is 17.5. The molecule has 1 heterocycles. The first kappa shape index (κ1) is 16.6. The average molecular weight is 335 g/mol. The lowest BCUT2D eigenvalue weighted by Crippen LogP contribution is -2.14. The van der Waals surface area contributed by atoms with E-state index in [1.165, 1.54) is 6.07 Å². The van der Waals surface area contributed by atoms with Crippen LogP contribution in [0.25, 0.3) is 0 Å². The van der Waals surface area contributed by atoms with E-state index in [9.17, 15) is 4.39 Å². The highest BCUT2D eigenvalue weighted by molar-refractivity contribution is 5.85. The summed E-state index contributed by atoms with van der Waals surface area (Å²) in [5, 5.41) is 0. The normalized spacial score (nSPS) is 11.3. The summed E-state index contributed by atoms with van der Waals surface area (Å²) < 4.78 is 19.4. The second-order valence-electron chi connectivity index (χ2n) is 5.47. The second-order valence-corrected chi connectivity index (χ2v) is 5.47. The third kappa shape index (κ3) is 4.64. The van der Waals surface area contributed by atoms with Crippen molar-refractivity contribution in [1.82, 2.24) is 4.98 Å². The second kappa shape index (κ2) is 8.06. The van der Waals surface area contributed by atoms with Gasteiger partial charge in [0.1, 0.15) is 18.3 Å². The lowest BCUT2D eigenvalue weighted by molar-refractivity contribution is 0.300. The Morgan fingerprint density at radius 3 is 2.56 bits per heavy atom. The van der Waals surface area contributed by atoms with Crippen molar-refractivity contribution in [3.8, 4) is 5.75 Å². The number of pyridine rings is 1. The molecule has 0 spiro atoms. The minimum Gasteiger partial charge on any atom is -0.485 e. The number of aromatic nitrogens is 1. The lowest BCUT2D eigenvalue weighted by Gasteiger charge is -2.09. The van der Waals surface area contributed by atoms with Gasteiger partial charge in [0.15, 0.2) is 11.6 Å². The van der Waals surface area contributed by atoms with Gasteiger partial charge in [-0.05, 0) is 23.8 Å². The van der Waals surface area contributed by atoms with Crippen LogP contribution in [0.2, 0.25) is 0 Å². The SMILES string of the molecule is NC(Cc1ccccc1)=Nc1ncccc1OCc1ccccc1F. The molecule has 3 aromatic rings. The van der Waals surface area contributed by atoms with Crippen LogP contribution in [0.3, 0.4) is 0 Å². The van der Waals surface area contributed by atoms with Crippen LogP contribution in [-0.2, 0) is 13.0 Å². The van der Waals surface area contributed by atoms with Crippen LogP contribution in [0.15, 0.2) is 77.9 Å². The minimum absolute atomic E-state index is 0.0967. The molecular formula is C20H18FN3O. The first-order valence-electron chi connectivity index (χ1n) is 7.90. The van der Waals surface area contributed by atoms with Crippen LogP contribution < -0.4 is 10.5 Å². The predicted octanol–water partition coefficient (Wildman–Crippen LogP) is 4.03. The lowest BCUT2D eigenvalue weighted by atomic mass is 10.1. The van der Waals surface area contributed by atoms with E-state index < -0.39 is 0 Å². The maximum absolute atomic E-state index is 13.7. The van der Waals surface area contributed by atoms with E-state index in [1.54, 1.807) is 36.5 Å². The number of hydrogen-bond donors (Lipinski definition) is 1. The smallest absolute Gasteiger partial charge is 0.196 e. The molecule has 0 fully saturated rings. The molecule has 0 amide bonds. The third-order valence-electron chi connectivity index (χ3n) is 3.57. The van der Waals surface area contributed by atoms with Crippen LogP contribution in [-0.4, -0.2) is 10.8 Å². The number of rotatable bonds is 6. The molecule has 0 unspecified atom stereocenters. The average Bonchev–Trinajstić information content (AvgIpc) is 2.63. The van der Waals surface area contributed by atoms with Gasteiger partial charge in [0.2, 0.25) is 0 Å². The monoisotopic (exact) mass is 335 g/mol. The minimum atomic E-state index is -0.306. The molecule has 2 aromatic carbocycles. The number of hydrogen-bond acceptors (Lipinski definition) is 3. The number of nitrogens with zero attached hydrogens (tertiary/aromatic N) is 2. The van der Waals surface area contributed by atoms with Gasteiger partial charge in [0.05, 0.1) is 0 Å². The van der Waals surface area contributed by atoms with Gasteiger partial charge in [-0.3, -0.25) is 0 Å². The summed E-state index contributed by atoms with van der Waals surface area (Å²) in [6.07, 6.45) is 2.13. The Hall–Kier alpha value is -3.21. The molecule has 2 N–H and O–H groups in total. The maximum Gasteiger partial charge on any atom is 0.196 e. The molecule has 3 rings (SSSR count). The summed E-state index contributed by atoms with van der Waals surface area (Å²) >= 11 is 0. The van der Waals surface area contributed by atoms with Gasteiger partial charge in [-0.15, -0.1) is 0 Å². The van der Waals surface area contributed by atoms with Gasteiger partial charge < -0.3 is 10.5 Å². The summed E-state index contributed by atoms with van der Waals surface area (Å²) in [5.41, 5.74) is 7.57. The first-order valence-corrected chi connectivity index (χ1v) is 7.90. The van der Waals surface area contributed by atoms with Crippen molar-refractivity contribution >= 4 is 11.7 Å². The molecular weight excluding hydrogens is 317 g/mol. The molecule has 0 saturated heterocycles. The van der Waals surface area contributed by atoms with Crippen LogP contribution >= 0.6 is 0 Å². The maximum atomic E-state index is 13.7. The van der Waals surface area contributed by atoms with Crippen molar-refractivity contribution < 1.29 is 9.13 Å². The summed E-state index contributed by atoms with van der Waals surface area (Å²) in [4.78, 5) is 8.56. The van der Waals surface area contributed by atoms with E-state index in [0.29, 0.717) is 29.4 Å². The van der Waals surface area contributed by atoms with Crippen molar-refractivity contribution in [3.63, 3.8) is 0 Å². The first-order chi connectivity index (χ1) is 12.2. The van der Waals surface area contributed by atoms with Crippen LogP contribution in [0, 0.1) is 5.82 Å². The number of halogens is 1. The van der Waals surface area contributed by atoms with E-state index in [-0.39, 0.29) is 12.4 Å². The number of ether oxygens (including phenoxy) is 1. The fourth-order valence-corrected chi connectivity index (χ4v) is 2.33. The van der Waals surface area contributed by atoms with Crippen molar-refractivity contribution in [2.45, 2.75) is 13.0 Å². The molecule has 0 aliphatic heterocycles. The molecule has 5 heteroatoms. The fourth-order valence-electron chi connectivity index (χ4n) is 2.33. The standard InChI is InChI=1S/C20H18FN3O/c21-17-10-5-4-9-16(17)14-25-18-11-6-12-23-20(18)24-19(22)13-15-7-2-1-3-8-15/h1-12H,13-14H2,(H2,22,23,24). The molecule has 0 saturated carbocycles. The van der Waals surface area contributed by atoms with E-state index in [0.717, 1.165) is 5.56 Å².